The van der Waals surface area contributed by atoms with Crippen molar-refractivity contribution in [2.75, 3.05) is 6.54 Å². The molecule has 0 bridgehead atoms. The van der Waals surface area contributed by atoms with Gasteiger partial charge in [0.25, 0.3) is 0 Å². The smallest absolute Gasteiger partial charge is 0.237 e. The third kappa shape index (κ3) is 3.92. The number of aromatic nitrogens is 2. The lowest BCUT2D eigenvalue weighted by Gasteiger charge is -2.11. The van der Waals surface area contributed by atoms with Crippen LogP contribution in [0.25, 0.3) is 16.9 Å². The lowest BCUT2D eigenvalue weighted by atomic mass is 10.1. The highest BCUT2D eigenvalue weighted by Crippen LogP contribution is 2.23. The van der Waals surface area contributed by atoms with Gasteiger partial charge < -0.3 is 15.7 Å². The van der Waals surface area contributed by atoms with Crippen molar-refractivity contribution in [3.05, 3.63) is 72.4 Å². The van der Waals surface area contributed by atoms with Crippen LogP contribution < -0.4 is 10.6 Å². The Balaban J connectivity index is 1.58. The zero-order valence-corrected chi connectivity index (χ0v) is 14.9. The molecule has 3 N–H and O–H groups in total. The minimum absolute atomic E-state index is 0.0991. The van der Waals surface area contributed by atoms with Crippen molar-refractivity contribution in [2.24, 2.45) is 0 Å². The normalized spacial score (nSPS) is 19.1. The lowest BCUT2D eigenvalue weighted by Crippen LogP contribution is -2.40. The van der Waals surface area contributed by atoms with E-state index in [1.807, 2.05) is 71.5 Å². The van der Waals surface area contributed by atoms with Crippen LogP contribution >= 0.6 is 0 Å². The Bertz CT molecular complexity index is 908. The molecule has 6 heteroatoms. The van der Waals surface area contributed by atoms with Crippen LogP contribution in [0.4, 0.5) is 0 Å². The Morgan fingerprint density at radius 1 is 1.15 bits per heavy atom. The number of nitrogens with zero attached hydrogens (tertiary/aromatic N) is 2. The summed E-state index contributed by atoms with van der Waals surface area (Å²) >= 11 is 0. The van der Waals surface area contributed by atoms with Gasteiger partial charge in [0.05, 0.1) is 23.5 Å². The molecule has 2 heterocycles. The molecular weight excluding hydrogens is 340 g/mol. The van der Waals surface area contributed by atoms with E-state index in [2.05, 4.69) is 10.6 Å². The van der Waals surface area contributed by atoms with Crippen LogP contribution in [0.1, 0.15) is 12.0 Å². The number of β-amino-alcohol motifs (C(OH)–C–C–N with tert-alkyl or cyclic N) is 1. The predicted molar refractivity (Wildman–Crippen MR) is 103 cm³/mol. The Kier molecular flexibility index (Phi) is 5.00. The minimum atomic E-state index is -0.457. The molecule has 2 aromatic carbocycles. The molecule has 1 saturated heterocycles. The fourth-order valence-corrected chi connectivity index (χ4v) is 3.31. The lowest BCUT2D eigenvalue weighted by molar-refractivity contribution is -0.123. The van der Waals surface area contributed by atoms with E-state index < -0.39 is 6.10 Å². The van der Waals surface area contributed by atoms with Crippen LogP contribution in [-0.4, -0.2) is 39.5 Å². The van der Waals surface area contributed by atoms with Crippen molar-refractivity contribution in [3.8, 4) is 16.9 Å². The first-order valence-corrected chi connectivity index (χ1v) is 9.09. The zero-order valence-electron chi connectivity index (χ0n) is 14.9. The maximum absolute atomic E-state index is 12.4. The molecule has 1 amide bonds. The number of carbonyl (C=O) groups excluding carboxylic acids is 1. The van der Waals surface area contributed by atoms with E-state index in [4.69, 9.17) is 5.10 Å². The van der Waals surface area contributed by atoms with Gasteiger partial charge in [-0.05, 0) is 18.6 Å². The van der Waals surface area contributed by atoms with E-state index in [0.717, 1.165) is 22.5 Å². The highest BCUT2D eigenvalue weighted by molar-refractivity contribution is 5.82. The average molecular weight is 362 g/mol. The van der Waals surface area contributed by atoms with Gasteiger partial charge in [-0.2, -0.15) is 5.10 Å². The van der Waals surface area contributed by atoms with E-state index in [1.54, 1.807) is 0 Å². The summed E-state index contributed by atoms with van der Waals surface area (Å²) in [6.45, 7) is 0.837. The molecule has 3 aromatic rings. The van der Waals surface area contributed by atoms with E-state index in [9.17, 15) is 9.90 Å². The predicted octanol–water partition coefficient (Wildman–Crippen LogP) is 1.88. The van der Waals surface area contributed by atoms with Crippen molar-refractivity contribution in [3.63, 3.8) is 0 Å². The van der Waals surface area contributed by atoms with Gasteiger partial charge >= 0.3 is 0 Å². The summed E-state index contributed by atoms with van der Waals surface area (Å²) in [5.41, 5.74) is 3.76. The topological polar surface area (TPSA) is 79.2 Å². The van der Waals surface area contributed by atoms with E-state index in [0.29, 0.717) is 19.5 Å². The summed E-state index contributed by atoms with van der Waals surface area (Å²) in [6.07, 6.45) is 1.94. The van der Waals surface area contributed by atoms with Crippen molar-refractivity contribution >= 4 is 5.91 Å². The SMILES string of the molecule is O=C(NCc1cn(-c2ccccc2)nc1-c1ccccc1)C1CC(O)CN1. The van der Waals surface area contributed by atoms with Crippen LogP contribution in [-0.2, 0) is 11.3 Å². The molecule has 1 aliphatic rings. The average Bonchev–Trinajstić information content (AvgIpc) is 3.34. The minimum Gasteiger partial charge on any atom is -0.392 e. The molecule has 1 fully saturated rings. The van der Waals surface area contributed by atoms with Gasteiger partial charge in [0.15, 0.2) is 0 Å². The third-order valence-corrected chi connectivity index (χ3v) is 4.74. The van der Waals surface area contributed by atoms with E-state index in [-0.39, 0.29) is 11.9 Å². The standard InChI is InChI=1S/C21H22N4O2/c26-18-11-19(22-13-18)21(27)23-12-16-14-25(17-9-5-2-6-10-17)24-20(16)15-7-3-1-4-8-15/h1-10,14,18-19,22,26H,11-13H2,(H,23,27). The number of rotatable bonds is 5. The molecule has 1 aliphatic heterocycles. The Morgan fingerprint density at radius 2 is 1.85 bits per heavy atom. The van der Waals surface area contributed by atoms with Crippen LogP contribution in [0, 0.1) is 0 Å². The van der Waals surface area contributed by atoms with Crippen molar-refractivity contribution in [1.82, 2.24) is 20.4 Å². The number of aliphatic hydroxyl groups excluding tert-OH is 1. The number of para-hydroxylation sites is 1. The van der Waals surface area contributed by atoms with Gasteiger partial charge in [0.2, 0.25) is 5.91 Å². The van der Waals surface area contributed by atoms with Crippen LogP contribution in [0.2, 0.25) is 0 Å². The second-order valence-electron chi connectivity index (χ2n) is 6.72. The molecule has 27 heavy (non-hydrogen) atoms. The van der Waals surface area contributed by atoms with E-state index >= 15 is 0 Å². The summed E-state index contributed by atoms with van der Waals surface area (Å²) in [7, 11) is 0. The number of aliphatic hydroxyl groups is 1. The molecular formula is C21H22N4O2. The molecule has 138 valence electrons. The second kappa shape index (κ2) is 7.73. The molecule has 4 rings (SSSR count). The fraction of sp³-hybridized carbons (Fsp3) is 0.238. The first kappa shape index (κ1) is 17.5. The van der Waals surface area contributed by atoms with Gasteiger partial charge in [0, 0.05) is 30.4 Å². The zero-order chi connectivity index (χ0) is 18.6. The molecule has 0 aliphatic carbocycles. The number of nitrogens with one attached hydrogen (secondary N) is 2. The number of hydrogen-bond donors (Lipinski definition) is 3. The van der Waals surface area contributed by atoms with Crippen LogP contribution in [0.5, 0.6) is 0 Å². The van der Waals surface area contributed by atoms with Gasteiger partial charge in [-0.15, -0.1) is 0 Å². The maximum Gasteiger partial charge on any atom is 0.237 e. The quantitative estimate of drug-likeness (QED) is 0.648. The van der Waals surface area contributed by atoms with Gasteiger partial charge in [-0.1, -0.05) is 48.5 Å². The van der Waals surface area contributed by atoms with Crippen molar-refractivity contribution in [1.29, 1.82) is 0 Å². The molecule has 1 aromatic heterocycles. The first-order valence-electron chi connectivity index (χ1n) is 9.09. The number of benzene rings is 2. The molecule has 0 radical (unpaired) electrons. The second-order valence-corrected chi connectivity index (χ2v) is 6.72. The first-order chi connectivity index (χ1) is 13.2. The summed E-state index contributed by atoms with van der Waals surface area (Å²) < 4.78 is 1.83. The van der Waals surface area contributed by atoms with Crippen molar-refractivity contribution in [2.45, 2.75) is 25.1 Å². The number of amides is 1. The highest BCUT2D eigenvalue weighted by Gasteiger charge is 2.28. The molecule has 2 unspecified atom stereocenters. The number of hydrogen-bond acceptors (Lipinski definition) is 4. The molecule has 6 nitrogen and oxygen atoms in total. The molecule has 0 saturated carbocycles. The van der Waals surface area contributed by atoms with Crippen molar-refractivity contribution < 1.29 is 9.90 Å². The maximum atomic E-state index is 12.4. The van der Waals surface area contributed by atoms with Gasteiger partial charge in [-0.25, -0.2) is 4.68 Å². The summed E-state index contributed by atoms with van der Waals surface area (Å²) in [6, 6.07) is 19.5. The van der Waals surface area contributed by atoms with Crippen LogP contribution in [0.3, 0.4) is 0 Å². The van der Waals surface area contributed by atoms with Crippen LogP contribution in [0.15, 0.2) is 66.9 Å². The van der Waals surface area contributed by atoms with E-state index in [1.165, 1.54) is 0 Å². The highest BCUT2D eigenvalue weighted by atomic mass is 16.3. The largest absolute Gasteiger partial charge is 0.392 e. The van der Waals surface area contributed by atoms with Gasteiger partial charge in [0.1, 0.15) is 0 Å². The molecule has 2 atom stereocenters. The third-order valence-electron chi connectivity index (χ3n) is 4.74. The summed E-state index contributed by atoms with van der Waals surface area (Å²) in [4.78, 5) is 12.4. The number of carbonyl (C=O) groups is 1. The molecule has 0 spiro atoms. The summed E-state index contributed by atoms with van der Waals surface area (Å²) in [5, 5.41) is 20.4. The monoisotopic (exact) mass is 362 g/mol. The fourth-order valence-electron chi connectivity index (χ4n) is 3.31. The summed E-state index contributed by atoms with van der Waals surface area (Å²) in [5.74, 6) is -0.0991. The Hall–Kier alpha value is -2.96. The van der Waals surface area contributed by atoms with Gasteiger partial charge in [-0.3, -0.25) is 4.79 Å². The Morgan fingerprint density at radius 3 is 2.52 bits per heavy atom. The Labute approximate surface area is 157 Å².